The predicted molar refractivity (Wildman–Crippen MR) is 79.8 cm³/mol. The number of hydrogen-bond donors (Lipinski definition) is 4. The summed E-state index contributed by atoms with van der Waals surface area (Å²) in [5, 5.41) is 20.5. The van der Waals surface area contributed by atoms with E-state index in [0.717, 1.165) is 5.69 Å². The van der Waals surface area contributed by atoms with Crippen LogP contribution in [0, 0.1) is 0 Å². The third-order valence-corrected chi connectivity index (χ3v) is 2.91. The number of anilines is 2. The molecule has 0 fully saturated rings. The second-order valence-corrected chi connectivity index (χ2v) is 4.54. The number of carbonyl (C=O) groups is 1. The zero-order valence-corrected chi connectivity index (χ0v) is 11.7. The minimum absolute atomic E-state index is 0.137. The summed E-state index contributed by atoms with van der Waals surface area (Å²) < 4.78 is 0. The van der Waals surface area contributed by atoms with E-state index < -0.39 is 0 Å². The Bertz CT molecular complexity index is 660. The second kappa shape index (κ2) is 5.95. The molecule has 8 nitrogen and oxygen atoms in total. The highest BCUT2D eigenvalue weighted by molar-refractivity contribution is 6.08. The van der Waals surface area contributed by atoms with Crippen LogP contribution in [0.15, 0.2) is 35.6 Å². The van der Waals surface area contributed by atoms with Gasteiger partial charge in [0.15, 0.2) is 5.84 Å². The molecule has 1 aromatic heterocycles. The summed E-state index contributed by atoms with van der Waals surface area (Å²) in [5.74, 6) is -0.189. The van der Waals surface area contributed by atoms with Crippen LogP contribution in [0.1, 0.15) is 15.9 Å². The van der Waals surface area contributed by atoms with Crippen molar-refractivity contribution in [3.8, 4) is 0 Å². The molecule has 2 rings (SSSR count). The molecule has 2 aromatic rings. The molecule has 0 saturated carbocycles. The van der Waals surface area contributed by atoms with Crippen molar-refractivity contribution in [2.45, 2.75) is 0 Å². The lowest BCUT2D eigenvalue weighted by molar-refractivity contribution is 0.102. The van der Waals surface area contributed by atoms with E-state index in [4.69, 9.17) is 10.9 Å². The lowest BCUT2D eigenvalue weighted by Crippen LogP contribution is -2.18. The first-order chi connectivity index (χ1) is 10.0. The van der Waals surface area contributed by atoms with Crippen molar-refractivity contribution >= 4 is 23.2 Å². The van der Waals surface area contributed by atoms with Crippen LogP contribution in [0.25, 0.3) is 0 Å². The molecule has 110 valence electrons. The Balaban J connectivity index is 2.17. The van der Waals surface area contributed by atoms with Crippen LogP contribution in [-0.4, -0.2) is 41.2 Å². The summed E-state index contributed by atoms with van der Waals surface area (Å²) in [4.78, 5) is 14.1. The van der Waals surface area contributed by atoms with Crippen LogP contribution >= 0.6 is 0 Å². The van der Waals surface area contributed by atoms with E-state index in [1.165, 1.54) is 6.20 Å². The number of amides is 1. The maximum atomic E-state index is 12.1. The minimum atomic E-state index is -0.323. The van der Waals surface area contributed by atoms with E-state index >= 15 is 0 Å². The number of nitrogens with zero attached hydrogens (tertiary/aromatic N) is 3. The number of nitrogens with two attached hydrogens (primary N) is 1. The van der Waals surface area contributed by atoms with E-state index in [1.54, 1.807) is 12.1 Å². The van der Waals surface area contributed by atoms with Gasteiger partial charge in [-0.2, -0.15) is 5.10 Å². The molecular formula is C13H16N6O2. The lowest BCUT2D eigenvalue weighted by Gasteiger charge is -2.12. The third kappa shape index (κ3) is 3.11. The molecule has 8 heteroatoms. The molecule has 0 aliphatic heterocycles. The van der Waals surface area contributed by atoms with Crippen molar-refractivity contribution in [3.63, 3.8) is 0 Å². The first-order valence-corrected chi connectivity index (χ1v) is 6.13. The fourth-order valence-corrected chi connectivity index (χ4v) is 1.73. The summed E-state index contributed by atoms with van der Waals surface area (Å²) in [6, 6.07) is 7.10. The number of aromatic amines is 1. The van der Waals surface area contributed by atoms with Gasteiger partial charge in [0.05, 0.1) is 11.8 Å². The van der Waals surface area contributed by atoms with Crippen molar-refractivity contribution < 1.29 is 10.0 Å². The van der Waals surface area contributed by atoms with E-state index in [2.05, 4.69) is 20.7 Å². The SMILES string of the molecule is CN(C)c1ccc(C(=O)Nc2[nH]ncc2C(N)=NO)cc1. The van der Waals surface area contributed by atoms with Gasteiger partial charge in [-0.1, -0.05) is 5.16 Å². The maximum absolute atomic E-state index is 12.1. The number of rotatable bonds is 4. The normalized spacial score (nSPS) is 11.2. The lowest BCUT2D eigenvalue weighted by atomic mass is 10.2. The summed E-state index contributed by atoms with van der Waals surface area (Å²) in [7, 11) is 3.84. The Morgan fingerprint density at radius 3 is 2.62 bits per heavy atom. The maximum Gasteiger partial charge on any atom is 0.256 e. The zero-order chi connectivity index (χ0) is 15.4. The molecule has 0 radical (unpaired) electrons. The number of oxime groups is 1. The Hall–Kier alpha value is -3.03. The standard InChI is InChI=1S/C13H16N6O2/c1-19(2)9-5-3-8(4-6-9)13(20)16-12-10(7-15-17-12)11(14)18-21/h3-7,21H,1-2H3,(H2,14,18)(H2,15,16,17,20). The molecule has 5 N–H and O–H groups in total. The number of nitrogens with one attached hydrogen (secondary N) is 2. The van der Waals surface area contributed by atoms with Gasteiger partial charge in [-0.05, 0) is 24.3 Å². The highest BCUT2D eigenvalue weighted by atomic mass is 16.4. The van der Waals surface area contributed by atoms with Gasteiger partial charge in [0.1, 0.15) is 5.82 Å². The van der Waals surface area contributed by atoms with Crippen LogP contribution in [-0.2, 0) is 0 Å². The zero-order valence-electron chi connectivity index (χ0n) is 11.7. The molecule has 0 unspecified atom stereocenters. The van der Waals surface area contributed by atoms with Crippen molar-refractivity contribution in [1.82, 2.24) is 10.2 Å². The van der Waals surface area contributed by atoms with Crippen molar-refractivity contribution in [1.29, 1.82) is 0 Å². The molecule has 0 atom stereocenters. The van der Waals surface area contributed by atoms with E-state index in [-0.39, 0.29) is 17.6 Å². The quantitative estimate of drug-likeness (QED) is 0.287. The highest BCUT2D eigenvalue weighted by Gasteiger charge is 2.13. The monoisotopic (exact) mass is 288 g/mol. The largest absolute Gasteiger partial charge is 0.409 e. The van der Waals surface area contributed by atoms with Gasteiger partial charge < -0.3 is 21.2 Å². The second-order valence-electron chi connectivity index (χ2n) is 4.54. The summed E-state index contributed by atoms with van der Waals surface area (Å²) in [6.45, 7) is 0. The minimum Gasteiger partial charge on any atom is -0.409 e. The molecule has 0 bridgehead atoms. The van der Waals surface area contributed by atoms with Gasteiger partial charge in [-0.15, -0.1) is 0 Å². The molecule has 0 spiro atoms. The molecule has 1 amide bonds. The molecular weight excluding hydrogens is 272 g/mol. The van der Waals surface area contributed by atoms with Crippen LogP contribution in [0.4, 0.5) is 11.5 Å². The Labute approximate surface area is 121 Å². The van der Waals surface area contributed by atoms with Crippen molar-refractivity contribution in [3.05, 3.63) is 41.6 Å². The summed E-state index contributed by atoms with van der Waals surface area (Å²) in [6.07, 6.45) is 1.36. The van der Waals surface area contributed by atoms with Gasteiger partial charge in [-0.25, -0.2) is 0 Å². The van der Waals surface area contributed by atoms with Gasteiger partial charge >= 0.3 is 0 Å². The van der Waals surface area contributed by atoms with Gasteiger partial charge in [0, 0.05) is 25.3 Å². The Morgan fingerprint density at radius 1 is 1.38 bits per heavy atom. The first kappa shape index (κ1) is 14.4. The molecule has 21 heavy (non-hydrogen) atoms. The number of amidine groups is 1. The van der Waals surface area contributed by atoms with Gasteiger partial charge in [0.2, 0.25) is 0 Å². The number of aromatic nitrogens is 2. The Morgan fingerprint density at radius 2 is 2.05 bits per heavy atom. The van der Waals surface area contributed by atoms with Crippen molar-refractivity contribution in [2.75, 3.05) is 24.3 Å². The predicted octanol–water partition coefficient (Wildman–Crippen LogP) is 0.822. The fourth-order valence-electron chi connectivity index (χ4n) is 1.73. The van der Waals surface area contributed by atoms with Crippen LogP contribution < -0.4 is 16.0 Å². The number of H-pyrrole nitrogens is 1. The van der Waals surface area contributed by atoms with Gasteiger partial charge in [-0.3, -0.25) is 9.89 Å². The van der Waals surface area contributed by atoms with E-state index in [1.807, 2.05) is 31.1 Å². The average Bonchev–Trinajstić information content (AvgIpc) is 2.94. The van der Waals surface area contributed by atoms with Crippen LogP contribution in [0.3, 0.4) is 0 Å². The molecule has 0 aliphatic rings. The molecule has 0 saturated heterocycles. The smallest absolute Gasteiger partial charge is 0.256 e. The van der Waals surface area contributed by atoms with Crippen LogP contribution in [0.5, 0.6) is 0 Å². The molecule has 0 aliphatic carbocycles. The topological polar surface area (TPSA) is 120 Å². The van der Waals surface area contributed by atoms with Gasteiger partial charge in [0.25, 0.3) is 5.91 Å². The fraction of sp³-hybridized carbons (Fsp3) is 0.154. The Kier molecular flexibility index (Phi) is 4.07. The molecule has 1 aromatic carbocycles. The van der Waals surface area contributed by atoms with E-state index in [9.17, 15) is 4.79 Å². The number of benzene rings is 1. The molecule has 1 heterocycles. The van der Waals surface area contributed by atoms with Crippen LogP contribution in [0.2, 0.25) is 0 Å². The first-order valence-electron chi connectivity index (χ1n) is 6.13. The average molecular weight is 288 g/mol. The number of carbonyl (C=O) groups excluding carboxylic acids is 1. The van der Waals surface area contributed by atoms with Crippen molar-refractivity contribution in [2.24, 2.45) is 10.9 Å². The van der Waals surface area contributed by atoms with E-state index in [0.29, 0.717) is 11.1 Å². The highest BCUT2D eigenvalue weighted by Crippen LogP contribution is 2.15. The summed E-state index contributed by atoms with van der Waals surface area (Å²) >= 11 is 0. The third-order valence-electron chi connectivity index (χ3n) is 2.91. The summed E-state index contributed by atoms with van der Waals surface area (Å²) in [5.41, 5.74) is 7.28. The number of hydrogen-bond acceptors (Lipinski definition) is 5.